The zero-order chi connectivity index (χ0) is 21.0. The molecule has 0 N–H and O–H groups in total. The SMILES string of the molecule is CC(C)(C)OC(=O)N1CCC(C(=O)N2CCC(C(=O)OCc3ccccc3)C2)C1. The van der Waals surface area contributed by atoms with E-state index in [1.54, 1.807) is 9.80 Å². The number of rotatable bonds is 4. The molecule has 3 rings (SSSR count). The third-order valence-corrected chi connectivity index (χ3v) is 5.25. The maximum absolute atomic E-state index is 12.8. The fourth-order valence-corrected chi connectivity index (χ4v) is 3.71. The van der Waals surface area contributed by atoms with Crippen LogP contribution in [-0.2, 0) is 25.7 Å². The summed E-state index contributed by atoms with van der Waals surface area (Å²) in [5.74, 6) is -0.770. The molecule has 2 amide bonds. The van der Waals surface area contributed by atoms with E-state index in [1.165, 1.54) is 0 Å². The fourth-order valence-electron chi connectivity index (χ4n) is 3.71. The van der Waals surface area contributed by atoms with Crippen LogP contribution in [0.4, 0.5) is 4.79 Å². The second-order valence-electron chi connectivity index (χ2n) is 8.78. The van der Waals surface area contributed by atoms with E-state index >= 15 is 0 Å². The number of esters is 1. The summed E-state index contributed by atoms with van der Waals surface area (Å²) in [5, 5.41) is 0. The molecule has 0 spiro atoms. The molecule has 2 saturated heterocycles. The molecule has 1 aromatic rings. The van der Waals surface area contributed by atoms with Gasteiger partial charge in [0.15, 0.2) is 0 Å². The van der Waals surface area contributed by atoms with Crippen LogP contribution in [0.3, 0.4) is 0 Å². The van der Waals surface area contributed by atoms with Crippen LogP contribution in [0.25, 0.3) is 0 Å². The van der Waals surface area contributed by atoms with Crippen molar-refractivity contribution in [2.75, 3.05) is 26.2 Å². The summed E-state index contributed by atoms with van der Waals surface area (Å²) in [6.45, 7) is 7.54. The van der Waals surface area contributed by atoms with Crippen LogP contribution in [0.15, 0.2) is 30.3 Å². The summed E-state index contributed by atoms with van der Waals surface area (Å²) in [7, 11) is 0. The number of hydrogen-bond donors (Lipinski definition) is 0. The Morgan fingerprint density at radius 1 is 0.966 bits per heavy atom. The van der Waals surface area contributed by atoms with Crippen LogP contribution in [0.2, 0.25) is 0 Å². The summed E-state index contributed by atoms with van der Waals surface area (Å²) in [5.41, 5.74) is 0.390. The Balaban J connectivity index is 1.45. The summed E-state index contributed by atoms with van der Waals surface area (Å²) >= 11 is 0. The number of hydrogen-bond acceptors (Lipinski definition) is 5. The first-order valence-corrected chi connectivity index (χ1v) is 10.2. The van der Waals surface area contributed by atoms with Gasteiger partial charge in [0.05, 0.1) is 11.8 Å². The first kappa shape index (κ1) is 21.1. The van der Waals surface area contributed by atoms with Gasteiger partial charge in [-0.2, -0.15) is 0 Å². The molecule has 2 aliphatic heterocycles. The lowest BCUT2D eigenvalue weighted by molar-refractivity contribution is -0.149. The molecular weight excluding hydrogens is 372 g/mol. The molecule has 7 heteroatoms. The highest BCUT2D eigenvalue weighted by molar-refractivity contribution is 5.82. The van der Waals surface area contributed by atoms with Crippen molar-refractivity contribution in [3.05, 3.63) is 35.9 Å². The van der Waals surface area contributed by atoms with Gasteiger partial charge in [-0.3, -0.25) is 9.59 Å². The summed E-state index contributed by atoms with van der Waals surface area (Å²) < 4.78 is 10.8. The van der Waals surface area contributed by atoms with E-state index in [-0.39, 0.29) is 36.4 Å². The van der Waals surface area contributed by atoms with Crippen molar-refractivity contribution in [3.63, 3.8) is 0 Å². The topological polar surface area (TPSA) is 76.2 Å². The number of likely N-dealkylation sites (tertiary alicyclic amines) is 2. The lowest BCUT2D eigenvalue weighted by Gasteiger charge is -2.25. The van der Waals surface area contributed by atoms with Crippen LogP contribution >= 0.6 is 0 Å². The molecule has 2 fully saturated rings. The Morgan fingerprint density at radius 2 is 1.59 bits per heavy atom. The second kappa shape index (κ2) is 8.84. The van der Waals surface area contributed by atoms with E-state index in [2.05, 4.69) is 0 Å². The normalized spacial score (nSPS) is 21.9. The minimum atomic E-state index is -0.554. The average molecular weight is 402 g/mol. The van der Waals surface area contributed by atoms with Gasteiger partial charge in [-0.1, -0.05) is 30.3 Å². The van der Waals surface area contributed by atoms with Crippen molar-refractivity contribution in [1.29, 1.82) is 0 Å². The van der Waals surface area contributed by atoms with E-state index in [9.17, 15) is 14.4 Å². The summed E-state index contributed by atoms with van der Waals surface area (Å²) in [6, 6.07) is 9.55. The highest BCUT2D eigenvalue weighted by Gasteiger charge is 2.39. The molecule has 2 atom stereocenters. The maximum atomic E-state index is 12.8. The van der Waals surface area contributed by atoms with E-state index in [1.807, 2.05) is 51.1 Å². The van der Waals surface area contributed by atoms with Crippen LogP contribution < -0.4 is 0 Å². The molecule has 0 aliphatic carbocycles. The largest absolute Gasteiger partial charge is 0.461 e. The van der Waals surface area contributed by atoms with Gasteiger partial charge in [0.2, 0.25) is 5.91 Å². The van der Waals surface area contributed by atoms with Crippen molar-refractivity contribution in [2.24, 2.45) is 11.8 Å². The van der Waals surface area contributed by atoms with E-state index in [0.717, 1.165) is 5.56 Å². The highest BCUT2D eigenvalue weighted by atomic mass is 16.6. The summed E-state index contributed by atoms with van der Waals surface area (Å²) in [4.78, 5) is 40.7. The van der Waals surface area contributed by atoms with Crippen LogP contribution in [0, 0.1) is 11.8 Å². The first-order chi connectivity index (χ1) is 13.7. The Labute approximate surface area is 171 Å². The van der Waals surface area contributed by atoms with Gasteiger partial charge in [-0.15, -0.1) is 0 Å². The van der Waals surface area contributed by atoms with Crippen LogP contribution in [0.1, 0.15) is 39.2 Å². The molecule has 0 saturated carbocycles. The Morgan fingerprint density at radius 3 is 2.28 bits per heavy atom. The number of carbonyl (C=O) groups is 3. The molecule has 29 heavy (non-hydrogen) atoms. The predicted molar refractivity (Wildman–Crippen MR) is 107 cm³/mol. The van der Waals surface area contributed by atoms with Crippen molar-refractivity contribution < 1.29 is 23.9 Å². The smallest absolute Gasteiger partial charge is 0.410 e. The zero-order valence-electron chi connectivity index (χ0n) is 17.4. The van der Waals surface area contributed by atoms with Gasteiger partial charge < -0.3 is 19.3 Å². The van der Waals surface area contributed by atoms with Gasteiger partial charge in [0.1, 0.15) is 12.2 Å². The molecule has 158 valence electrons. The average Bonchev–Trinajstić information content (AvgIpc) is 3.35. The van der Waals surface area contributed by atoms with Crippen molar-refractivity contribution in [2.45, 2.75) is 45.8 Å². The standard InChI is InChI=1S/C22H30N2O5/c1-22(2,3)29-21(27)24-12-9-17(13-24)19(25)23-11-10-18(14-23)20(26)28-15-16-7-5-4-6-8-16/h4-8,17-18H,9-15H2,1-3H3. The number of ether oxygens (including phenoxy) is 2. The molecule has 2 unspecified atom stereocenters. The van der Waals surface area contributed by atoms with E-state index in [4.69, 9.17) is 9.47 Å². The lowest BCUT2D eigenvalue weighted by atomic mass is 10.1. The molecular formula is C22H30N2O5. The third-order valence-electron chi connectivity index (χ3n) is 5.25. The Bertz CT molecular complexity index is 743. The summed E-state index contributed by atoms with van der Waals surface area (Å²) in [6.07, 6.45) is 0.858. The molecule has 0 aromatic heterocycles. The molecule has 0 radical (unpaired) electrons. The Kier molecular flexibility index (Phi) is 6.45. The van der Waals surface area contributed by atoms with E-state index in [0.29, 0.717) is 39.0 Å². The number of carbonyl (C=O) groups excluding carboxylic acids is 3. The second-order valence-corrected chi connectivity index (χ2v) is 8.78. The minimum Gasteiger partial charge on any atom is -0.461 e. The number of benzene rings is 1. The van der Waals surface area contributed by atoms with Crippen molar-refractivity contribution in [3.8, 4) is 0 Å². The predicted octanol–water partition coefficient (Wildman–Crippen LogP) is 2.84. The molecule has 2 aliphatic rings. The van der Waals surface area contributed by atoms with Crippen molar-refractivity contribution >= 4 is 18.0 Å². The molecule has 2 heterocycles. The Hall–Kier alpha value is -2.57. The number of amides is 2. The zero-order valence-corrected chi connectivity index (χ0v) is 17.4. The minimum absolute atomic E-state index is 0.00872. The maximum Gasteiger partial charge on any atom is 0.410 e. The molecule has 0 bridgehead atoms. The van der Waals surface area contributed by atoms with Crippen LogP contribution in [-0.4, -0.2) is 59.5 Å². The fraction of sp³-hybridized carbons (Fsp3) is 0.591. The lowest BCUT2D eigenvalue weighted by Crippen LogP contribution is -2.39. The monoisotopic (exact) mass is 402 g/mol. The van der Waals surface area contributed by atoms with Gasteiger partial charge in [0, 0.05) is 26.2 Å². The van der Waals surface area contributed by atoms with Gasteiger partial charge in [0.25, 0.3) is 0 Å². The molecule has 1 aromatic carbocycles. The van der Waals surface area contributed by atoms with E-state index < -0.39 is 5.60 Å². The quantitative estimate of drug-likeness (QED) is 0.724. The van der Waals surface area contributed by atoms with Gasteiger partial charge in [-0.25, -0.2) is 4.79 Å². The first-order valence-electron chi connectivity index (χ1n) is 10.2. The molecule has 7 nitrogen and oxygen atoms in total. The highest BCUT2D eigenvalue weighted by Crippen LogP contribution is 2.25. The van der Waals surface area contributed by atoms with Gasteiger partial charge >= 0.3 is 12.1 Å². The third kappa shape index (κ3) is 5.71. The van der Waals surface area contributed by atoms with Gasteiger partial charge in [-0.05, 0) is 39.2 Å². The van der Waals surface area contributed by atoms with Crippen LogP contribution in [0.5, 0.6) is 0 Å². The number of nitrogens with zero attached hydrogens (tertiary/aromatic N) is 2. The van der Waals surface area contributed by atoms with Crippen molar-refractivity contribution in [1.82, 2.24) is 9.80 Å².